The molecule has 0 fully saturated rings. The molecule has 0 aromatic rings. The molecule has 0 rings (SSSR count). The summed E-state index contributed by atoms with van der Waals surface area (Å²) < 4.78 is 0.582. The van der Waals surface area contributed by atoms with Gasteiger partial charge in [0.2, 0.25) is 0 Å². The van der Waals surface area contributed by atoms with Gasteiger partial charge < -0.3 is 24.6 Å². The minimum absolute atomic E-state index is 0.0319. The molecule has 31 heavy (non-hydrogen) atoms. The number of aliphatic carboxylic acids is 3. The first kappa shape index (κ1) is 29.1. The summed E-state index contributed by atoms with van der Waals surface area (Å²) in [6.45, 7) is 4.86. The second-order valence-electron chi connectivity index (χ2n) is 8.52. The summed E-state index contributed by atoms with van der Waals surface area (Å²) in [5.74, 6) is -2.78. The molecule has 0 aliphatic carbocycles. The van der Waals surface area contributed by atoms with Crippen molar-refractivity contribution in [2.75, 3.05) is 26.2 Å². The van der Waals surface area contributed by atoms with E-state index in [4.69, 9.17) is 10.2 Å². The number of hydrogen-bond acceptors (Lipinski definition) is 4. The van der Waals surface area contributed by atoms with Crippen molar-refractivity contribution in [3.63, 3.8) is 0 Å². The van der Waals surface area contributed by atoms with Crippen molar-refractivity contribution >= 4 is 17.9 Å². The number of nitrogens with zero attached hydrogens (tertiary/aromatic N) is 1. The molecule has 0 aromatic heterocycles. The molecule has 2 N–H and O–H groups in total. The maximum atomic E-state index is 11.0. The Labute approximate surface area is 187 Å². The van der Waals surface area contributed by atoms with Crippen molar-refractivity contribution in [3.8, 4) is 0 Å². The minimum Gasteiger partial charge on any atom is -0.550 e. The molecule has 0 aliphatic rings. The molecular formula is C24H43NO6. The normalized spacial score (nSPS) is 11.8. The van der Waals surface area contributed by atoms with Gasteiger partial charge in [-0.05, 0) is 25.7 Å². The van der Waals surface area contributed by atoms with E-state index in [9.17, 15) is 19.5 Å². The fourth-order valence-electron chi connectivity index (χ4n) is 4.01. The molecule has 7 nitrogen and oxygen atoms in total. The lowest BCUT2D eigenvalue weighted by Gasteiger charge is -2.39. The number of carbonyl (C=O) groups is 3. The number of unbranched alkanes of at least 4 members (excludes halogenated alkanes) is 6. The predicted molar refractivity (Wildman–Crippen MR) is 119 cm³/mol. The van der Waals surface area contributed by atoms with Crippen LogP contribution in [0.2, 0.25) is 0 Å². The van der Waals surface area contributed by atoms with E-state index in [-0.39, 0.29) is 19.3 Å². The van der Waals surface area contributed by atoms with E-state index < -0.39 is 17.9 Å². The monoisotopic (exact) mass is 441 g/mol. The largest absolute Gasteiger partial charge is 0.550 e. The molecule has 0 aromatic carbocycles. The fourth-order valence-corrected chi connectivity index (χ4v) is 4.01. The van der Waals surface area contributed by atoms with Gasteiger partial charge >= 0.3 is 11.9 Å². The maximum absolute atomic E-state index is 11.0. The molecule has 0 aliphatic heterocycles. The summed E-state index contributed by atoms with van der Waals surface area (Å²) in [4.78, 5) is 32.8. The molecule has 0 amide bonds. The zero-order valence-corrected chi connectivity index (χ0v) is 19.4. The number of carbonyl (C=O) groups excluding carboxylic acids is 1. The van der Waals surface area contributed by atoms with Gasteiger partial charge in [0.25, 0.3) is 0 Å². The van der Waals surface area contributed by atoms with E-state index in [1.165, 1.54) is 32.1 Å². The molecule has 0 bridgehead atoms. The van der Waals surface area contributed by atoms with Gasteiger partial charge in [-0.15, -0.1) is 0 Å². The summed E-state index contributed by atoms with van der Waals surface area (Å²) in [6.07, 6.45) is 15.2. The Bertz CT molecular complexity index is 482. The van der Waals surface area contributed by atoms with Gasteiger partial charge in [-0.2, -0.15) is 0 Å². The van der Waals surface area contributed by atoms with Crippen LogP contribution in [0.5, 0.6) is 0 Å². The van der Waals surface area contributed by atoms with Gasteiger partial charge in [0.15, 0.2) is 0 Å². The molecule has 0 unspecified atom stereocenters. The summed E-state index contributed by atoms with van der Waals surface area (Å²) in [5, 5.41) is 28.8. The SMILES string of the molecule is CCCCCCC/C=C/CCC[N+](CCCC(=O)[O-])(CCCC(=O)O)CCCC(=O)O. The number of carboxylic acids is 3. The zero-order valence-electron chi connectivity index (χ0n) is 19.4. The summed E-state index contributed by atoms with van der Waals surface area (Å²) in [7, 11) is 0. The number of rotatable bonds is 22. The third kappa shape index (κ3) is 18.6. The lowest BCUT2D eigenvalue weighted by atomic mass is 10.1. The highest BCUT2D eigenvalue weighted by Crippen LogP contribution is 2.17. The third-order valence-electron chi connectivity index (χ3n) is 5.70. The summed E-state index contributed by atoms with van der Waals surface area (Å²) in [6, 6.07) is 0. The van der Waals surface area contributed by atoms with Crippen LogP contribution in [0.3, 0.4) is 0 Å². The van der Waals surface area contributed by atoms with Crippen molar-refractivity contribution in [1.82, 2.24) is 0 Å². The van der Waals surface area contributed by atoms with E-state index in [2.05, 4.69) is 19.1 Å². The lowest BCUT2D eigenvalue weighted by molar-refractivity contribution is -0.928. The van der Waals surface area contributed by atoms with E-state index in [0.717, 1.165) is 25.8 Å². The van der Waals surface area contributed by atoms with Crippen LogP contribution < -0.4 is 5.11 Å². The van der Waals surface area contributed by atoms with Crippen LogP contribution in [0.1, 0.15) is 96.8 Å². The average molecular weight is 442 g/mol. The minimum atomic E-state index is -1.09. The molecule has 7 heteroatoms. The van der Waals surface area contributed by atoms with E-state index >= 15 is 0 Å². The van der Waals surface area contributed by atoms with E-state index in [1.807, 2.05) is 0 Å². The first-order chi connectivity index (χ1) is 14.8. The topological polar surface area (TPSA) is 115 Å². The van der Waals surface area contributed by atoms with Crippen LogP contribution in [0.15, 0.2) is 12.2 Å². The molecule has 0 radical (unpaired) electrons. The van der Waals surface area contributed by atoms with Crippen LogP contribution in [-0.4, -0.2) is 58.8 Å². The van der Waals surface area contributed by atoms with Gasteiger partial charge in [0, 0.05) is 31.7 Å². The summed E-state index contributed by atoms with van der Waals surface area (Å²) >= 11 is 0. The van der Waals surface area contributed by atoms with Crippen molar-refractivity contribution in [2.24, 2.45) is 0 Å². The molecule has 0 heterocycles. The van der Waals surface area contributed by atoms with Crippen LogP contribution >= 0.6 is 0 Å². The predicted octanol–water partition coefficient (Wildman–Crippen LogP) is 3.76. The van der Waals surface area contributed by atoms with Crippen molar-refractivity contribution in [2.45, 2.75) is 96.8 Å². The Morgan fingerprint density at radius 2 is 1.13 bits per heavy atom. The van der Waals surface area contributed by atoms with E-state index in [0.29, 0.717) is 43.4 Å². The van der Waals surface area contributed by atoms with E-state index in [1.54, 1.807) is 0 Å². The van der Waals surface area contributed by atoms with Gasteiger partial charge in [0.1, 0.15) is 0 Å². The highest BCUT2D eigenvalue weighted by molar-refractivity contribution is 5.66. The molecule has 0 spiro atoms. The van der Waals surface area contributed by atoms with Gasteiger partial charge in [-0.3, -0.25) is 9.59 Å². The second-order valence-corrected chi connectivity index (χ2v) is 8.52. The molecule has 0 saturated heterocycles. The highest BCUT2D eigenvalue weighted by atomic mass is 16.4. The molecule has 180 valence electrons. The van der Waals surface area contributed by atoms with Gasteiger partial charge in [-0.1, -0.05) is 44.8 Å². The smallest absolute Gasteiger partial charge is 0.303 e. The first-order valence-corrected chi connectivity index (χ1v) is 11.9. The van der Waals surface area contributed by atoms with Crippen molar-refractivity contribution in [3.05, 3.63) is 12.2 Å². The standard InChI is InChI=1S/C24H43NO6/c1-2-3-4-5-6-7-8-9-10-11-18-25(19-12-15-22(26)27,20-13-16-23(28)29)21-14-17-24(30)31/h8-9H,2-7,10-21H2,1H3,(H2-,26,27,28,29,30,31)/b9-8+. The number of quaternary nitrogens is 1. The van der Waals surface area contributed by atoms with Crippen molar-refractivity contribution in [1.29, 1.82) is 0 Å². The Morgan fingerprint density at radius 3 is 1.61 bits per heavy atom. The van der Waals surface area contributed by atoms with Gasteiger partial charge in [0.05, 0.1) is 39.0 Å². The number of carboxylic acid groups (broad SMARTS) is 3. The Hall–Kier alpha value is -1.89. The number of hydrogen-bond donors (Lipinski definition) is 2. The van der Waals surface area contributed by atoms with Crippen LogP contribution in [0, 0.1) is 0 Å². The quantitative estimate of drug-likeness (QED) is 0.150. The Morgan fingerprint density at radius 1 is 0.677 bits per heavy atom. The summed E-state index contributed by atoms with van der Waals surface area (Å²) in [5.41, 5.74) is 0. The molecule has 0 atom stereocenters. The first-order valence-electron chi connectivity index (χ1n) is 11.9. The van der Waals surface area contributed by atoms with Crippen LogP contribution in [0.4, 0.5) is 0 Å². The Kier molecular flexibility index (Phi) is 17.7. The zero-order chi connectivity index (χ0) is 23.4. The Balaban J connectivity index is 4.73. The van der Waals surface area contributed by atoms with Crippen molar-refractivity contribution < 1.29 is 34.2 Å². The van der Waals surface area contributed by atoms with Crippen LogP contribution in [-0.2, 0) is 14.4 Å². The van der Waals surface area contributed by atoms with Gasteiger partial charge in [-0.25, -0.2) is 0 Å². The van der Waals surface area contributed by atoms with Crippen LogP contribution in [0.25, 0.3) is 0 Å². The third-order valence-corrected chi connectivity index (χ3v) is 5.70. The average Bonchev–Trinajstić information content (AvgIpc) is 2.68. The molecular weight excluding hydrogens is 398 g/mol. The highest BCUT2D eigenvalue weighted by Gasteiger charge is 2.26. The fraction of sp³-hybridized carbons (Fsp3) is 0.792. The second kappa shape index (κ2) is 18.8. The lowest BCUT2D eigenvalue weighted by Crippen LogP contribution is -2.51. The number of allylic oxidation sites excluding steroid dienone is 2. The molecule has 0 saturated carbocycles. The maximum Gasteiger partial charge on any atom is 0.303 e.